The molecule has 0 atom stereocenters. The van der Waals surface area contributed by atoms with Crippen molar-refractivity contribution in [2.24, 2.45) is 0 Å². The van der Waals surface area contributed by atoms with Crippen LogP contribution < -0.4 is 9.80 Å². The number of fused-ring (bicyclic) bond motifs is 14. The molecule has 0 radical (unpaired) electrons. The highest BCUT2D eigenvalue weighted by atomic mass is 15.2. The number of benzene rings is 11. The Morgan fingerprint density at radius 2 is 0.512 bits per heavy atom. The quantitative estimate of drug-likeness (QED) is 0.175. The Morgan fingerprint density at radius 1 is 0.232 bits per heavy atom. The van der Waals surface area contributed by atoms with Crippen LogP contribution in [-0.2, 0) is 21.7 Å². The fourth-order valence-corrected chi connectivity index (χ4v) is 15.7. The van der Waals surface area contributed by atoms with Gasteiger partial charge >= 0.3 is 0 Å². The molecule has 17 rings (SSSR count). The molecule has 0 fully saturated rings. The second-order valence-corrected chi connectivity index (χ2v) is 25.8. The lowest BCUT2D eigenvalue weighted by atomic mass is 9.65. The summed E-state index contributed by atoms with van der Waals surface area (Å²) in [6.07, 6.45) is 0. The van der Waals surface area contributed by atoms with Gasteiger partial charge in [-0.05, 0) is 176 Å². The zero-order chi connectivity index (χ0) is 55.3. The standard InChI is InChI=1S/C78H62N4/c1-75(2)57-23-11-17-29-69(57)81-70-30-18-12-24-58(70)76(3,4)62-44-49(43-61(75)73(62)81)47-33-39-67-55(41-47)56-42-48(34-40-68(56)80(67)52-37-35-51(36-38-52)79-65-27-15-9-21-53(65)54-22-10-16-28-66(54)79)50-45-63-74-64(46-50)78(7,8)60-26-14-20-32-72(60)82(74)71-31-19-13-25-59(71)77(63,5)6/h9-46H,1-8H3. The molecule has 0 N–H and O–H groups in total. The van der Waals surface area contributed by atoms with Gasteiger partial charge in [0.2, 0.25) is 0 Å². The summed E-state index contributed by atoms with van der Waals surface area (Å²) in [4.78, 5) is 5.12. The first kappa shape index (κ1) is 47.4. The van der Waals surface area contributed by atoms with E-state index in [4.69, 9.17) is 0 Å². The smallest absolute Gasteiger partial charge is 0.0544 e. The van der Waals surface area contributed by atoms with E-state index in [9.17, 15) is 0 Å². The maximum absolute atomic E-state index is 2.56. The molecule has 13 aromatic rings. The third-order valence-corrected chi connectivity index (χ3v) is 20.0. The van der Waals surface area contributed by atoms with Gasteiger partial charge in [0.05, 0.1) is 56.2 Å². The number of nitrogens with zero attached hydrogens (tertiary/aromatic N) is 4. The van der Waals surface area contributed by atoms with Gasteiger partial charge < -0.3 is 18.9 Å². The lowest BCUT2D eigenvalue weighted by molar-refractivity contribution is 0.597. The lowest BCUT2D eigenvalue weighted by Crippen LogP contribution is -2.38. The largest absolute Gasteiger partial charge is 0.309 e. The van der Waals surface area contributed by atoms with Gasteiger partial charge in [0.25, 0.3) is 0 Å². The second-order valence-electron chi connectivity index (χ2n) is 25.8. The minimum absolute atomic E-state index is 0.242. The Bertz CT molecular complexity index is 4490. The SMILES string of the molecule is CC1(C)c2ccccc2N2c3ccccc3C(C)(C)c3cc(-c4ccc5c(c4)c4cc(-c6cc7c8c(c6)C(C)(C)c6ccccc6N8c6ccccc6C7(C)C)ccc4n5-c4ccc(-n5c6ccccc6c6ccccc65)cc4)cc1c32. The average molecular weight is 1060 g/mol. The second kappa shape index (κ2) is 16.2. The molecule has 0 saturated heterocycles. The van der Waals surface area contributed by atoms with E-state index in [0.717, 1.165) is 11.4 Å². The van der Waals surface area contributed by atoms with Crippen molar-refractivity contribution in [2.75, 3.05) is 9.80 Å². The van der Waals surface area contributed by atoms with E-state index < -0.39 is 0 Å². The molecule has 0 aliphatic carbocycles. The van der Waals surface area contributed by atoms with Gasteiger partial charge in [-0.15, -0.1) is 0 Å². The van der Waals surface area contributed by atoms with Crippen LogP contribution in [0.4, 0.5) is 34.1 Å². The molecule has 4 nitrogen and oxygen atoms in total. The van der Waals surface area contributed by atoms with Crippen LogP contribution in [0.5, 0.6) is 0 Å². The van der Waals surface area contributed by atoms with Crippen molar-refractivity contribution in [3.05, 3.63) is 275 Å². The third kappa shape index (κ3) is 6.11. The van der Waals surface area contributed by atoms with Crippen LogP contribution in [0.25, 0.3) is 77.2 Å². The maximum Gasteiger partial charge on any atom is 0.0544 e. The van der Waals surface area contributed by atoms with Crippen molar-refractivity contribution in [3.8, 4) is 33.6 Å². The number of hydrogen-bond acceptors (Lipinski definition) is 2. The molecule has 0 unspecified atom stereocenters. The molecule has 0 saturated carbocycles. The van der Waals surface area contributed by atoms with Gasteiger partial charge in [-0.25, -0.2) is 0 Å². The minimum atomic E-state index is -0.242. The Balaban J connectivity index is 0.892. The highest BCUT2D eigenvalue weighted by Crippen LogP contribution is 2.63. The van der Waals surface area contributed by atoms with Crippen LogP contribution in [0.1, 0.15) is 99.9 Å². The summed E-state index contributed by atoms with van der Waals surface area (Å²) in [5.74, 6) is 0. The summed E-state index contributed by atoms with van der Waals surface area (Å²) < 4.78 is 4.91. The van der Waals surface area contributed by atoms with Gasteiger partial charge in [-0.2, -0.15) is 0 Å². The van der Waals surface area contributed by atoms with Gasteiger partial charge in [-0.1, -0.05) is 177 Å². The molecule has 4 aliphatic heterocycles. The Hall–Kier alpha value is -9.38. The van der Waals surface area contributed by atoms with Gasteiger partial charge in [0.1, 0.15) is 0 Å². The van der Waals surface area contributed by atoms with E-state index in [0.29, 0.717) is 0 Å². The molecule has 11 aromatic carbocycles. The van der Waals surface area contributed by atoms with Crippen molar-refractivity contribution in [1.82, 2.24) is 9.13 Å². The number of rotatable bonds is 4. The Kier molecular flexibility index (Phi) is 9.35. The Labute approximate surface area is 479 Å². The lowest BCUT2D eigenvalue weighted by Gasteiger charge is -2.49. The number of hydrogen-bond donors (Lipinski definition) is 0. The number of aromatic nitrogens is 2. The first-order valence-electron chi connectivity index (χ1n) is 29.3. The first-order valence-corrected chi connectivity index (χ1v) is 29.3. The molecular formula is C78H62N4. The fourth-order valence-electron chi connectivity index (χ4n) is 15.7. The van der Waals surface area contributed by atoms with E-state index >= 15 is 0 Å². The molecule has 0 spiro atoms. The highest BCUT2D eigenvalue weighted by molar-refractivity contribution is 6.13. The summed E-state index contributed by atoms with van der Waals surface area (Å²) >= 11 is 0. The zero-order valence-electron chi connectivity index (χ0n) is 47.7. The van der Waals surface area contributed by atoms with Crippen molar-refractivity contribution in [2.45, 2.75) is 77.0 Å². The minimum Gasteiger partial charge on any atom is -0.309 e. The molecule has 82 heavy (non-hydrogen) atoms. The summed E-state index contributed by atoms with van der Waals surface area (Å²) in [6, 6.07) is 87.7. The summed E-state index contributed by atoms with van der Waals surface area (Å²) in [5, 5.41) is 5.00. The molecule has 0 bridgehead atoms. The highest BCUT2D eigenvalue weighted by Gasteiger charge is 2.47. The normalized spacial score (nSPS) is 16.1. The number of para-hydroxylation sites is 6. The average Bonchev–Trinajstić information content (AvgIpc) is 1.66. The molecule has 394 valence electrons. The fraction of sp³-hybridized carbons (Fsp3) is 0.154. The molecular weight excluding hydrogens is 993 g/mol. The van der Waals surface area contributed by atoms with Crippen LogP contribution in [0.2, 0.25) is 0 Å². The topological polar surface area (TPSA) is 16.3 Å². The number of anilines is 6. The van der Waals surface area contributed by atoms with Crippen molar-refractivity contribution in [3.63, 3.8) is 0 Å². The molecule has 4 aliphatic rings. The molecule has 4 heteroatoms. The predicted molar refractivity (Wildman–Crippen MR) is 344 cm³/mol. The van der Waals surface area contributed by atoms with Gasteiger partial charge in [0, 0.05) is 54.6 Å². The van der Waals surface area contributed by atoms with Crippen molar-refractivity contribution >= 4 is 77.7 Å². The van der Waals surface area contributed by atoms with Crippen LogP contribution in [-0.4, -0.2) is 9.13 Å². The van der Waals surface area contributed by atoms with E-state index in [1.807, 2.05) is 0 Å². The van der Waals surface area contributed by atoms with E-state index in [1.54, 1.807) is 0 Å². The monoisotopic (exact) mass is 1050 g/mol. The predicted octanol–water partition coefficient (Wildman–Crippen LogP) is 20.7. The van der Waals surface area contributed by atoms with Crippen LogP contribution in [0.15, 0.2) is 231 Å². The summed E-state index contributed by atoms with van der Waals surface area (Å²) in [7, 11) is 0. The molecule has 6 heterocycles. The summed E-state index contributed by atoms with van der Waals surface area (Å²) in [6.45, 7) is 19.4. The first-order chi connectivity index (χ1) is 39.7. The maximum atomic E-state index is 2.56. The van der Waals surface area contributed by atoms with Gasteiger partial charge in [0.15, 0.2) is 0 Å². The van der Waals surface area contributed by atoms with E-state index in [2.05, 4.69) is 305 Å². The molecule has 0 amide bonds. The van der Waals surface area contributed by atoms with Crippen LogP contribution in [0.3, 0.4) is 0 Å². The molecule has 2 aromatic heterocycles. The zero-order valence-corrected chi connectivity index (χ0v) is 47.7. The van der Waals surface area contributed by atoms with E-state index in [-0.39, 0.29) is 21.7 Å². The van der Waals surface area contributed by atoms with Crippen molar-refractivity contribution in [1.29, 1.82) is 0 Å². The van der Waals surface area contributed by atoms with E-state index in [1.165, 1.54) is 144 Å². The third-order valence-electron chi connectivity index (χ3n) is 20.0. The van der Waals surface area contributed by atoms with Crippen molar-refractivity contribution < 1.29 is 0 Å². The Morgan fingerprint density at radius 3 is 0.841 bits per heavy atom. The summed E-state index contributed by atoms with van der Waals surface area (Å²) in [5.41, 5.74) is 29.6. The van der Waals surface area contributed by atoms with Gasteiger partial charge in [-0.3, -0.25) is 0 Å². The van der Waals surface area contributed by atoms with Crippen LogP contribution in [0, 0.1) is 0 Å². The van der Waals surface area contributed by atoms with Crippen LogP contribution >= 0.6 is 0 Å².